The van der Waals surface area contributed by atoms with Gasteiger partial charge in [0, 0.05) is 25.2 Å². The number of nitrogens with zero attached hydrogens (tertiary/aromatic N) is 1. The Morgan fingerprint density at radius 1 is 1.47 bits per heavy atom. The smallest absolute Gasteiger partial charge is 0.0682 e. The highest BCUT2D eigenvalue weighted by Crippen LogP contribution is 2.26. The minimum Gasteiger partial charge on any atom is -0.392 e. The van der Waals surface area contributed by atoms with E-state index < -0.39 is 0 Å². The Bertz CT molecular complexity index is 317. The number of methoxy groups -OCH3 is 1. The van der Waals surface area contributed by atoms with Gasteiger partial charge in [-0.1, -0.05) is 6.07 Å². The average Bonchev–Trinajstić information content (AvgIpc) is 2.25. The van der Waals surface area contributed by atoms with E-state index in [0.717, 1.165) is 22.3 Å². The molecule has 0 bridgehead atoms. The van der Waals surface area contributed by atoms with Crippen molar-refractivity contribution in [3.05, 3.63) is 28.2 Å². The largest absolute Gasteiger partial charge is 0.392 e. The summed E-state index contributed by atoms with van der Waals surface area (Å²) in [6, 6.07) is 5.84. The van der Waals surface area contributed by atoms with Crippen molar-refractivity contribution in [2.45, 2.75) is 6.61 Å². The van der Waals surface area contributed by atoms with Gasteiger partial charge in [0.05, 0.1) is 18.9 Å². The fourth-order valence-corrected chi connectivity index (χ4v) is 2.04. The summed E-state index contributed by atoms with van der Waals surface area (Å²) in [4.78, 5) is 2.11. The van der Waals surface area contributed by atoms with E-state index >= 15 is 0 Å². The molecule has 0 fully saturated rings. The SMILES string of the molecule is COCCN(C)c1ccc(CO)cc1Br. The van der Waals surface area contributed by atoms with Gasteiger partial charge < -0.3 is 14.7 Å². The van der Waals surface area contributed by atoms with Crippen molar-refractivity contribution in [1.82, 2.24) is 0 Å². The maximum atomic E-state index is 8.98. The number of likely N-dealkylation sites (N-methyl/N-ethyl adjacent to an activating group) is 1. The number of rotatable bonds is 5. The van der Waals surface area contributed by atoms with Crippen molar-refractivity contribution in [2.24, 2.45) is 0 Å². The summed E-state index contributed by atoms with van der Waals surface area (Å²) >= 11 is 3.49. The van der Waals surface area contributed by atoms with Gasteiger partial charge in [-0.2, -0.15) is 0 Å². The first-order chi connectivity index (χ1) is 7.19. The number of halogens is 1. The van der Waals surface area contributed by atoms with Gasteiger partial charge in [-0.3, -0.25) is 0 Å². The van der Waals surface area contributed by atoms with Crippen molar-refractivity contribution in [3.8, 4) is 0 Å². The molecule has 0 atom stereocenters. The topological polar surface area (TPSA) is 32.7 Å². The third kappa shape index (κ3) is 3.48. The van der Waals surface area contributed by atoms with Crippen molar-refractivity contribution in [1.29, 1.82) is 0 Å². The summed E-state index contributed by atoms with van der Waals surface area (Å²) in [6.07, 6.45) is 0. The van der Waals surface area contributed by atoms with E-state index in [1.54, 1.807) is 7.11 Å². The molecule has 15 heavy (non-hydrogen) atoms. The fraction of sp³-hybridized carbons (Fsp3) is 0.455. The molecule has 0 aromatic heterocycles. The number of aliphatic hydroxyl groups is 1. The third-order valence-electron chi connectivity index (χ3n) is 2.24. The molecule has 0 aliphatic carbocycles. The standard InChI is InChI=1S/C11H16BrNO2/c1-13(5-6-15-2)11-4-3-9(8-14)7-10(11)12/h3-4,7,14H,5-6,8H2,1-2H3. The fourth-order valence-electron chi connectivity index (χ4n) is 1.31. The first-order valence-corrected chi connectivity index (χ1v) is 5.57. The van der Waals surface area contributed by atoms with E-state index in [1.807, 2.05) is 25.2 Å². The van der Waals surface area contributed by atoms with Crippen LogP contribution in [0.2, 0.25) is 0 Å². The first-order valence-electron chi connectivity index (χ1n) is 4.78. The molecular weight excluding hydrogens is 258 g/mol. The minimum absolute atomic E-state index is 0.0701. The van der Waals surface area contributed by atoms with Crippen LogP contribution in [0.5, 0.6) is 0 Å². The molecule has 4 heteroatoms. The molecule has 1 aromatic carbocycles. The van der Waals surface area contributed by atoms with E-state index in [-0.39, 0.29) is 6.61 Å². The van der Waals surface area contributed by atoms with Crippen LogP contribution in [-0.4, -0.2) is 32.4 Å². The zero-order chi connectivity index (χ0) is 11.3. The highest BCUT2D eigenvalue weighted by atomic mass is 79.9. The van der Waals surface area contributed by atoms with E-state index in [2.05, 4.69) is 20.8 Å². The lowest BCUT2D eigenvalue weighted by molar-refractivity contribution is 0.206. The lowest BCUT2D eigenvalue weighted by atomic mass is 10.2. The van der Waals surface area contributed by atoms with E-state index in [0.29, 0.717) is 6.61 Å². The molecule has 0 aliphatic heterocycles. The van der Waals surface area contributed by atoms with Gasteiger partial charge in [0.15, 0.2) is 0 Å². The van der Waals surface area contributed by atoms with Gasteiger partial charge >= 0.3 is 0 Å². The number of aliphatic hydroxyl groups excluding tert-OH is 1. The van der Waals surface area contributed by atoms with E-state index in [4.69, 9.17) is 9.84 Å². The molecule has 1 N–H and O–H groups in total. The Hall–Kier alpha value is -0.580. The maximum Gasteiger partial charge on any atom is 0.0682 e. The van der Waals surface area contributed by atoms with Gasteiger partial charge in [0.1, 0.15) is 0 Å². The monoisotopic (exact) mass is 273 g/mol. The lowest BCUT2D eigenvalue weighted by Gasteiger charge is -2.20. The number of anilines is 1. The molecule has 0 saturated heterocycles. The molecule has 3 nitrogen and oxygen atoms in total. The molecule has 0 unspecified atom stereocenters. The first kappa shape index (κ1) is 12.5. The van der Waals surface area contributed by atoms with Crippen molar-refractivity contribution < 1.29 is 9.84 Å². The van der Waals surface area contributed by atoms with Crippen LogP contribution in [0, 0.1) is 0 Å². The molecule has 84 valence electrons. The highest BCUT2D eigenvalue weighted by molar-refractivity contribution is 9.10. The Balaban J connectivity index is 2.76. The van der Waals surface area contributed by atoms with Crippen molar-refractivity contribution >= 4 is 21.6 Å². The summed E-state index contributed by atoms with van der Waals surface area (Å²) in [7, 11) is 3.70. The molecule has 0 saturated carbocycles. The van der Waals surface area contributed by atoms with Crippen LogP contribution in [0.25, 0.3) is 0 Å². The normalized spacial score (nSPS) is 10.4. The molecule has 0 heterocycles. The Kier molecular flexibility index (Phi) is 5.08. The average molecular weight is 274 g/mol. The predicted octanol–water partition coefficient (Wildman–Crippen LogP) is 2.02. The summed E-state index contributed by atoms with van der Waals surface area (Å²) < 4.78 is 6.01. The van der Waals surface area contributed by atoms with Crippen LogP contribution in [0.4, 0.5) is 5.69 Å². The number of ether oxygens (including phenoxy) is 1. The van der Waals surface area contributed by atoms with Gasteiger partial charge in [-0.05, 0) is 33.6 Å². The van der Waals surface area contributed by atoms with Gasteiger partial charge in [-0.25, -0.2) is 0 Å². The number of hydrogen-bond donors (Lipinski definition) is 1. The Morgan fingerprint density at radius 3 is 2.73 bits per heavy atom. The number of hydrogen-bond acceptors (Lipinski definition) is 3. The lowest BCUT2D eigenvalue weighted by Crippen LogP contribution is -2.22. The van der Waals surface area contributed by atoms with Gasteiger partial charge in [0.25, 0.3) is 0 Å². The Morgan fingerprint density at radius 2 is 2.20 bits per heavy atom. The summed E-state index contributed by atoms with van der Waals surface area (Å²) in [6.45, 7) is 1.61. The van der Waals surface area contributed by atoms with Crippen LogP contribution < -0.4 is 4.90 Å². The van der Waals surface area contributed by atoms with Crippen molar-refractivity contribution in [3.63, 3.8) is 0 Å². The van der Waals surface area contributed by atoms with Crippen molar-refractivity contribution in [2.75, 3.05) is 32.2 Å². The van der Waals surface area contributed by atoms with Crippen LogP contribution in [0.1, 0.15) is 5.56 Å². The van der Waals surface area contributed by atoms with Crippen LogP contribution in [0.3, 0.4) is 0 Å². The summed E-state index contributed by atoms with van der Waals surface area (Å²) in [5.74, 6) is 0. The zero-order valence-electron chi connectivity index (χ0n) is 9.03. The van der Waals surface area contributed by atoms with Gasteiger partial charge in [-0.15, -0.1) is 0 Å². The molecule has 0 radical (unpaired) electrons. The maximum absolute atomic E-state index is 8.98. The molecule has 0 spiro atoms. The van der Waals surface area contributed by atoms with E-state index in [1.165, 1.54) is 0 Å². The van der Waals surface area contributed by atoms with Gasteiger partial charge in [0.2, 0.25) is 0 Å². The quantitative estimate of drug-likeness (QED) is 0.891. The minimum atomic E-state index is 0.0701. The molecular formula is C11H16BrNO2. The second-order valence-corrected chi connectivity index (χ2v) is 4.21. The van der Waals surface area contributed by atoms with Crippen LogP contribution in [0.15, 0.2) is 22.7 Å². The third-order valence-corrected chi connectivity index (χ3v) is 2.87. The predicted molar refractivity (Wildman–Crippen MR) is 65.2 cm³/mol. The highest BCUT2D eigenvalue weighted by Gasteiger charge is 2.05. The molecule has 1 rings (SSSR count). The summed E-state index contributed by atoms with van der Waals surface area (Å²) in [5.41, 5.74) is 2.01. The van der Waals surface area contributed by atoms with E-state index in [9.17, 15) is 0 Å². The number of benzene rings is 1. The molecule has 0 amide bonds. The second kappa shape index (κ2) is 6.10. The van der Waals surface area contributed by atoms with Crippen LogP contribution >= 0.6 is 15.9 Å². The second-order valence-electron chi connectivity index (χ2n) is 3.36. The molecule has 1 aromatic rings. The molecule has 0 aliphatic rings. The van der Waals surface area contributed by atoms with Crippen LogP contribution in [-0.2, 0) is 11.3 Å². The zero-order valence-corrected chi connectivity index (χ0v) is 10.6. The Labute approximate surface area is 98.8 Å². The summed E-state index contributed by atoms with van der Waals surface area (Å²) in [5, 5.41) is 8.98.